The van der Waals surface area contributed by atoms with Gasteiger partial charge in [0, 0.05) is 18.4 Å². The zero-order valence-corrected chi connectivity index (χ0v) is 12.8. The summed E-state index contributed by atoms with van der Waals surface area (Å²) < 4.78 is 0. The molecular formula is C19H20N2O. The molecule has 2 aromatic rings. The van der Waals surface area contributed by atoms with Gasteiger partial charge in [-0.05, 0) is 48.6 Å². The number of carbonyl (C=O) groups excluding carboxylic acids is 1. The molecule has 2 aromatic carbocycles. The average molecular weight is 292 g/mol. The van der Waals surface area contributed by atoms with E-state index in [0.29, 0.717) is 0 Å². The molecule has 0 saturated carbocycles. The maximum absolute atomic E-state index is 12.4. The topological polar surface area (TPSA) is 32.3 Å². The molecule has 0 aromatic heterocycles. The first-order valence-corrected chi connectivity index (χ1v) is 7.64. The minimum Gasteiger partial charge on any atom is -0.314 e. The number of rotatable bonds is 2. The molecule has 0 bridgehead atoms. The second-order valence-electron chi connectivity index (χ2n) is 5.52. The van der Waals surface area contributed by atoms with E-state index < -0.39 is 0 Å². The van der Waals surface area contributed by atoms with Crippen molar-refractivity contribution in [1.29, 1.82) is 0 Å². The van der Waals surface area contributed by atoms with Crippen LogP contribution in [0, 0.1) is 6.92 Å². The molecule has 0 fully saturated rings. The Labute approximate surface area is 131 Å². The predicted octanol–water partition coefficient (Wildman–Crippen LogP) is 4.13. The van der Waals surface area contributed by atoms with Crippen LogP contribution in [0.5, 0.6) is 0 Å². The fraction of sp³-hybridized carbons (Fsp3) is 0.211. The minimum atomic E-state index is -0.0722. The van der Waals surface area contributed by atoms with E-state index in [9.17, 15) is 4.79 Å². The quantitative estimate of drug-likeness (QED) is 0.887. The van der Waals surface area contributed by atoms with Gasteiger partial charge in [0.15, 0.2) is 0 Å². The van der Waals surface area contributed by atoms with E-state index in [1.807, 2.05) is 47.4 Å². The van der Waals surface area contributed by atoms with E-state index in [0.717, 1.165) is 30.6 Å². The number of carbonyl (C=O) groups is 1. The molecule has 0 atom stereocenters. The van der Waals surface area contributed by atoms with Crippen LogP contribution in [0.3, 0.4) is 0 Å². The second-order valence-corrected chi connectivity index (χ2v) is 5.52. The van der Waals surface area contributed by atoms with Crippen molar-refractivity contribution in [2.75, 3.05) is 11.4 Å². The molecule has 0 saturated heterocycles. The summed E-state index contributed by atoms with van der Waals surface area (Å²) >= 11 is 0. The van der Waals surface area contributed by atoms with E-state index in [2.05, 4.69) is 24.4 Å². The lowest BCUT2D eigenvalue weighted by Gasteiger charge is -2.28. The molecular weight excluding hydrogens is 272 g/mol. The summed E-state index contributed by atoms with van der Waals surface area (Å²) in [6.45, 7) is 2.82. The molecule has 112 valence electrons. The second kappa shape index (κ2) is 6.48. The highest BCUT2D eigenvalue weighted by atomic mass is 16.2. The number of hydrogen-bond acceptors (Lipinski definition) is 1. The fourth-order valence-electron chi connectivity index (χ4n) is 2.80. The lowest BCUT2D eigenvalue weighted by molar-refractivity contribution is 0.249. The SMILES string of the molecule is Cc1ccccc1/C=C/NC(=O)N1CCCc2ccccc21. The highest BCUT2D eigenvalue weighted by molar-refractivity contribution is 5.94. The molecule has 0 spiro atoms. The molecule has 22 heavy (non-hydrogen) atoms. The first-order chi connectivity index (χ1) is 10.8. The summed E-state index contributed by atoms with van der Waals surface area (Å²) in [6.07, 6.45) is 5.70. The molecule has 0 radical (unpaired) electrons. The molecule has 1 aliphatic heterocycles. The summed E-state index contributed by atoms with van der Waals surface area (Å²) in [4.78, 5) is 14.2. The number of fused-ring (bicyclic) bond motifs is 1. The number of nitrogens with zero attached hydrogens (tertiary/aromatic N) is 1. The number of amides is 2. The third kappa shape index (κ3) is 3.03. The highest BCUT2D eigenvalue weighted by Gasteiger charge is 2.21. The van der Waals surface area contributed by atoms with Crippen molar-refractivity contribution in [3.05, 3.63) is 71.4 Å². The number of urea groups is 1. The smallest absolute Gasteiger partial charge is 0.314 e. The van der Waals surface area contributed by atoms with Crippen molar-refractivity contribution in [2.45, 2.75) is 19.8 Å². The van der Waals surface area contributed by atoms with E-state index in [1.165, 1.54) is 11.1 Å². The van der Waals surface area contributed by atoms with Gasteiger partial charge in [-0.1, -0.05) is 42.5 Å². The summed E-state index contributed by atoms with van der Waals surface area (Å²) in [5, 5.41) is 2.88. The van der Waals surface area contributed by atoms with Gasteiger partial charge < -0.3 is 5.32 Å². The summed E-state index contributed by atoms with van der Waals surface area (Å²) in [5.41, 5.74) is 4.57. The number of nitrogens with one attached hydrogen (secondary N) is 1. The Morgan fingerprint density at radius 1 is 1.14 bits per heavy atom. The van der Waals surface area contributed by atoms with Gasteiger partial charge in [0.05, 0.1) is 0 Å². The minimum absolute atomic E-state index is 0.0722. The number of aryl methyl sites for hydroxylation is 2. The van der Waals surface area contributed by atoms with Crippen molar-refractivity contribution in [3.8, 4) is 0 Å². The summed E-state index contributed by atoms with van der Waals surface area (Å²) in [5.74, 6) is 0. The molecule has 0 aliphatic carbocycles. The third-order valence-corrected chi connectivity index (χ3v) is 4.01. The zero-order chi connectivity index (χ0) is 15.4. The van der Waals surface area contributed by atoms with Gasteiger partial charge in [0.1, 0.15) is 0 Å². The van der Waals surface area contributed by atoms with Crippen LogP contribution in [0.25, 0.3) is 6.08 Å². The van der Waals surface area contributed by atoms with Crippen LogP contribution in [-0.2, 0) is 6.42 Å². The van der Waals surface area contributed by atoms with Crippen LogP contribution in [0.2, 0.25) is 0 Å². The van der Waals surface area contributed by atoms with Crippen LogP contribution in [-0.4, -0.2) is 12.6 Å². The Morgan fingerprint density at radius 2 is 1.91 bits per heavy atom. The van der Waals surface area contributed by atoms with Crippen LogP contribution >= 0.6 is 0 Å². The summed E-state index contributed by atoms with van der Waals surface area (Å²) in [7, 11) is 0. The van der Waals surface area contributed by atoms with Gasteiger partial charge in [-0.25, -0.2) is 4.79 Å². The van der Waals surface area contributed by atoms with Crippen molar-refractivity contribution in [1.82, 2.24) is 5.32 Å². The van der Waals surface area contributed by atoms with Crippen molar-refractivity contribution >= 4 is 17.8 Å². The van der Waals surface area contributed by atoms with Crippen molar-refractivity contribution in [2.24, 2.45) is 0 Å². The molecule has 3 nitrogen and oxygen atoms in total. The molecule has 0 unspecified atom stereocenters. The maximum Gasteiger partial charge on any atom is 0.325 e. The number of benzene rings is 2. The van der Waals surface area contributed by atoms with Crippen LogP contribution in [0.4, 0.5) is 10.5 Å². The van der Waals surface area contributed by atoms with Crippen LogP contribution in [0.1, 0.15) is 23.1 Å². The Morgan fingerprint density at radius 3 is 2.77 bits per heavy atom. The highest BCUT2D eigenvalue weighted by Crippen LogP contribution is 2.26. The fourth-order valence-corrected chi connectivity index (χ4v) is 2.80. The molecule has 3 rings (SSSR count). The van der Waals surface area contributed by atoms with Gasteiger partial charge in [-0.3, -0.25) is 4.90 Å². The molecule has 1 aliphatic rings. The molecule has 1 heterocycles. The molecule has 1 N–H and O–H groups in total. The first-order valence-electron chi connectivity index (χ1n) is 7.64. The largest absolute Gasteiger partial charge is 0.325 e. The van der Waals surface area contributed by atoms with Crippen molar-refractivity contribution in [3.63, 3.8) is 0 Å². The number of hydrogen-bond donors (Lipinski definition) is 1. The van der Waals surface area contributed by atoms with E-state index in [4.69, 9.17) is 0 Å². The molecule has 3 heteroatoms. The zero-order valence-electron chi connectivity index (χ0n) is 12.8. The Kier molecular flexibility index (Phi) is 4.24. The lowest BCUT2D eigenvalue weighted by Crippen LogP contribution is -2.40. The lowest BCUT2D eigenvalue weighted by atomic mass is 10.0. The number of anilines is 1. The average Bonchev–Trinajstić information content (AvgIpc) is 2.56. The van der Waals surface area contributed by atoms with Gasteiger partial charge in [0.2, 0.25) is 0 Å². The summed E-state index contributed by atoms with van der Waals surface area (Å²) in [6, 6.07) is 16.1. The monoisotopic (exact) mass is 292 g/mol. The van der Waals surface area contributed by atoms with Gasteiger partial charge in [0.25, 0.3) is 0 Å². The van der Waals surface area contributed by atoms with E-state index in [-0.39, 0.29) is 6.03 Å². The Hall–Kier alpha value is -2.55. The van der Waals surface area contributed by atoms with Gasteiger partial charge in [-0.2, -0.15) is 0 Å². The predicted molar refractivity (Wildman–Crippen MR) is 90.9 cm³/mol. The number of para-hydroxylation sites is 1. The van der Waals surface area contributed by atoms with Crippen LogP contribution in [0.15, 0.2) is 54.7 Å². The van der Waals surface area contributed by atoms with Gasteiger partial charge >= 0.3 is 6.03 Å². The third-order valence-electron chi connectivity index (χ3n) is 4.01. The standard InChI is InChI=1S/C19H20N2O/c1-15-7-2-3-8-16(15)12-13-20-19(22)21-14-6-10-17-9-4-5-11-18(17)21/h2-5,7-9,11-13H,6,10,14H2,1H3,(H,20,22)/b13-12+. The van der Waals surface area contributed by atoms with Crippen molar-refractivity contribution < 1.29 is 4.79 Å². The Balaban J connectivity index is 1.70. The normalized spacial score (nSPS) is 14.0. The maximum atomic E-state index is 12.4. The molecule has 2 amide bonds. The first kappa shape index (κ1) is 14.4. The Bertz CT molecular complexity index is 706. The van der Waals surface area contributed by atoms with Gasteiger partial charge in [-0.15, -0.1) is 0 Å². The van der Waals surface area contributed by atoms with Crippen LogP contribution < -0.4 is 10.2 Å². The van der Waals surface area contributed by atoms with E-state index in [1.54, 1.807) is 6.20 Å². The van der Waals surface area contributed by atoms with E-state index >= 15 is 0 Å².